The van der Waals surface area contributed by atoms with Gasteiger partial charge in [0.05, 0.1) is 12.5 Å². The van der Waals surface area contributed by atoms with Gasteiger partial charge in [-0.1, -0.05) is 48.5 Å². The van der Waals surface area contributed by atoms with Crippen molar-refractivity contribution in [2.75, 3.05) is 0 Å². The Bertz CT molecular complexity index is 640. The lowest BCUT2D eigenvalue weighted by Crippen LogP contribution is -2.08. The van der Waals surface area contributed by atoms with Gasteiger partial charge >= 0.3 is 0 Å². The summed E-state index contributed by atoms with van der Waals surface area (Å²) in [5.74, 6) is -0.0520. The van der Waals surface area contributed by atoms with Crippen LogP contribution in [0.15, 0.2) is 73.2 Å². The molecule has 0 radical (unpaired) electrons. The molecule has 0 saturated heterocycles. The molecular formula is C19H18O3. The fourth-order valence-electron chi connectivity index (χ4n) is 2.34. The highest BCUT2D eigenvalue weighted by molar-refractivity contribution is 6.10. The third-order valence-electron chi connectivity index (χ3n) is 3.41. The predicted octanol–water partition coefficient (Wildman–Crippen LogP) is 4.15. The lowest BCUT2D eigenvalue weighted by molar-refractivity contribution is 0.103. The summed E-state index contributed by atoms with van der Waals surface area (Å²) in [6.07, 6.45) is 6.18. The first-order valence-corrected chi connectivity index (χ1v) is 7.07. The van der Waals surface area contributed by atoms with Gasteiger partial charge in [-0.3, -0.25) is 4.79 Å². The van der Waals surface area contributed by atoms with E-state index in [2.05, 4.69) is 0 Å². The fourth-order valence-corrected chi connectivity index (χ4v) is 2.34. The number of carbonyl (C=O) groups is 1. The smallest absolute Gasteiger partial charge is 0.193 e. The van der Waals surface area contributed by atoms with E-state index in [1.165, 1.54) is 0 Å². The summed E-state index contributed by atoms with van der Waals surface area (Å²) < 4.78 is 0. The van der Waals surface area contributed by atoms with Gasteiger partial charge in [0.1, 0.15) is 0 Å². The standard InChI is InChI=1S/C19H18O3/c20-13-5-9-15-7-1-3-11-17(15)19(22)18-12-4-2-8-16(18)10-6-14-21/h1-8,11-14,20-21H,9-10H2. The van der Waals surface area contributed by atoms with Gasteiger partial charge in [-0.05, 0) is 36.1 Å². The Balaban J connectivity index is 2.40. The Morgan fingerprint density at radius 1 is 0.773 bits per heavy atom. The number of carbonyl (C=O) groups excluding carboxylic acids is 1. The molecule has 112 valence electrons. The van der Waals surface area contributed by atoms with Gasteiger partial charge in [-0.2, -0.15) is 0 Å². The third kappa shape index (κ3) is 3.64. The van der Waals surface area contributed by atoms with Crippen LogP contribution in [-0.4, -0.2) is 16.0 Å². The van der Waals surface area contributed by atoms with Gasteiger partial charge in [0.25, 0.3) is 0 Å². The van der Waals surface area contributed by atoms with Crippen LogP contribution in [0.4, 0.5) is 0 Å². The molecule has 0 saturated carbocycles. The van der Waals surface area contributed by atoms with E-state index in [9.17, 15) is 4.79 Å². The van der Waals surface area contributed by atoms with Gasteiger partial charge in [0.15, 0.2) is 5.78 Å². The summed E-state index contributed by atoms with van der Waals surface area (Å²) in [6.45, 7) is 0. The van der Waals surface area contributed by atoms with Crippen molar-refractivity contribution < 1.29 is 15.0 Å². The van der Waals surface area contributed by atoms with Gasteiger partial charge < -0.3 is 10.2 Å². The fraction of sp³-hybridized carbons (Fsp3) is 0.105. The first-order chi connectivity index (χ1) is 10.8. The molecule has 3 heteroatoms. The Kier molecular flexibility index (Phi) is 5.55. The van der Waals surface area contributed by atoms with Crippen molar-refractivity contribution in [3.05, 3.63) is 95.5 Å². The molecule has 0 amide bonds. The lowest BCUT2D eigenvalue weighted by atomic mass is 9.93. The van der Waals surface area contributed by atoms with Crippen LogP contribution in [0.25, 0.3) is 0 Å². The van der Waals surface area contributed by atoms with Crippen molar-refractivity contribution in [2.45, 2.75) is 12.8 Å². The average molecular weight is 294 g/mol. The molecule has 2 N–H and O–H groups in total. The number of hydrogen-bond donors (Lipinski definition) is 2. The Hall–Kier alpha value is -2.81. The minimum Gasteiger partial charge on any atom is -0.516 e. The summed E-state index contributed by atoms with van der Waals surface area (Å²) in [4.78, 5) is 12.8. The maximum atomic E-state index is 12.8. The SMILES string of the molecule is O=C(c1ccccc1CC=CO)c1ccccc1CC=CO. The number of hydrogen-bond acceptors (Lipinski definition) is 3. The van der Waals surface area contributed by atoms with Gasteiger partial charge in [-0.25, -0.2) is 0 Å². The molecular weight excluding hydrogens is 276 g/mol. The second-order valence-electron chi connectivity index (χ2n) is 4.82. The van der Waals surface area contributed by atoms with E-state index in [0.717, 1.165) is 23.7 Å². The zero-order valence-corrected chi connectivity index (χ0v) is 12.1. The molecule has 2 aromatic carbocycles. The highest BCUT2D eigenvalue weighted by atomic mass is 16.2. The molecule has 2 rings (SSSR count). The van der Waals surface area contributed by atoms with Crippen LogP contribution < -0.4 is 0 Å². The summed E-state index contributed by atoms with van der Waals surface area (Å²) in [6, 6.07) is 14.7. The van der Waals surface area contributed by atoms with E-state index in [1.54, 1.807) is 24.3 Å². The molecule has 0 aliphatic carbocycles. The van der Waals surface area contributed by atoms with Crippen molar-refractivity contribution in [1.29, 1.82) is 0 Å². The molecule has 0 aliphatic rings. The third-order valence-corrected chi connectivity index (χ3v) is 3.41. The van der Waals surface area contributed by atoms with E-state index in [1.807, 2.05) is 36.4 Å². The van der Waals surface area contributed by atoms with Crippen LogP contribution in [0.1, 0.15) is 27.0 Å². The molecule has 0 atom stereocenters. The number of aliphatic hydroxyl groups is 2. The monoisotopic (exact) mass is 294 g/mol. The van der Waals surface area contributed by atoms with Gasteiger partial charge in [0.2, 0.25) is 0 Å². The van der Waals surface area contributed by atoms with E-state index in [0.29, 0.717) is 24.0 Å². The Morgan fingerprint density at radius 3 is 1.59 bits per heavy atom. The molecule has 2 aromatic rings. The zero-order chi connectivity index (χ0) is 15.8. The van der Waals surface area contributed by atoms with Crippen LogP contribution >= 0.6 is 0 Å². The molecule has 0 bridgehead atoms. The summed E-state index contributed by atoms with van der Waals surface area (Å²) in [7, 11) is 0. The first-order valence-electron chi connectivity index (χ1n) is 7.07. The van der Waals surface area contributed by atoms with Crippen LogP contribution in [0, 0.1) is 0 Å². The molecule has 0 fully saturated rings. The minimum atomic E-state index is -0.0520. The summed E-state index contributed by atoms with van der Waals surface area (Å²) >= 11 is 0. The topological polar surface area (TPSA) is 57.5 Å². The van der Waals surface area contributed by atoms with Gasteiger partial charge in [0, 0.05) is 11.1 Å². The molecule has 0 aliphatic heterocycles. The van der Waals surface area contributed by atoms with Crippen molar-refractivity contribution in [3.8, 4) is 0 Å². The number of aliphatic hydroxyl groups excluding tert-OH is 2. The van der Waals surface area contributed by atoms with Crippen molar-refractivity contribution in [3.63, 3.8) is 0 Å². The average Bonchev–Trinajstić information content (AvgIpc) is 2.58. The molecule has 3 nitrogen and oxygen atoms in total. The van der Waals surface area contributed by atoms with E-state index in [-0.39, 0.29) is 5.78 Å². The Morgan fingerprint density at radius 2 is 1.18 bits per heavy atom. The second kappa shape index (κ2) is 7.84. The second-order valence-corrected chi connectivity index (χ2v) is 4.82. The number of rotatable bonds is 6. The maximum absolute atomic E-state index is 12.8. The van der Waals surface area contributed by atoms with Crippen LogP contribution in [0.2, 0.25) is 0 Å². The summed E-state index contributed by atoms with van der Waals surface area (Å²) in [5, 5.41) is 17.6. The molecule has 22 heavy (non-hydrogen) atoms. The molecule has 0 spiro atoms. The molecule has 0 aromatic heterocycles. The van der Waals surface area contributed by atoms with Crippen molar-refractivity contribution >= 4 is 5.78 Å². The first kappa shape index (κ1) is 15.6. The van der Waals surface area contributed by atoms with E-state index < -0.39 is 0 Å². The predicted molar refractivity (Wildman–Crippen MR) is 87.3 cm³/mol. The normalized spacial score (nSPS) is 11.3. The number of allylic oxidation sites excluding steroid dienone is 2. The number of ketones is 1. The highest BCUT2D eigenvalue weighted by Gasteiger charge is 2.15. The van der Waals surface area contributed by atoms with Gasteiger partial charge in [-0.15, -0.1) is 0 Å². The number of benzene rings is 2. The Labute approximate surface area is 129 Å². The lowest BCUT2D eigenvalue weighted by Gasteiger charge is -2.10. The van der Waals surface area contributed by atoms with Crippen LogP contribution in [0.5, 0.6) is 0 Å². The minimum absolute atomic E-state index is 0.0520. The van der Waals surface area contributed by atoms with Crippen LogP contribution in [0.3, 0.4) is 0 Å². The van der Waals surface area contributed by atoms with Crippen LogP contribution in [-0.2, 0) is 12.8 Å². The van der Waals surface area contributed by atoms with Crippen molar-refractivity contribution in [2.24, 2.45) is 0 Å². The molecule has 0 heterocycles. The quantitative estimate of drug-likeness (QED) is 0.621. The van der Waals surface area contributed by atoms with E-state index in [4.69, 9.17) is 10.2 Å². The largest absolute Gasteiger partial charge is 0.516 e. The zero-order valence-electron chi connectivity index (χ0n) is 12.1. The van der Waals surface area contributed by atoms with Crippen molar-refractivity contribution in [1.82, 2.24) is 0 Å². The summed E-state index contributed by atoms with van der Waals surface area (Å²) in [5.41, 5.74) is 2.98. The molecule has 0 unspecified atom stereocenters. The van der Waals surface area contributed by atoms with E-state index >= 15 is 0 Å². The highest BCUT2D eigenvalue weighted by Crippen LogP contribution is 2.19. The maximum Gasteiger partial charge on any atom is 0.193 e.